The van der Waals surface area contributed by atoms with E-state index in [0.717, 1.165) is 0 Å². The molecular weight excluding hydrogens is 275 g/mol. The van der Waals surface area contributed by atoms with Gasteiger partial charge in [0.25, 0.3) is 0 Å². The highest BCUT2D eigenvalue weighted by Gasteiger charge is 2.12. The van der Waals surface area contributed by atoms with Crippen molar-refractivity contribution in [1.29, 1.82) is 0 Å². The van der Waals surface area contributed by atoms with Gasteiger partial charge in [-0.3, -0.25) is 0 Å². The fraction of sp³-hybridized carbons (Fsp3) is 0.133. The van der Waals surface area contributed by atoms with Crippen LogP contribution in [-0.4, -0.2) is 19.2 Å². The highest BCUT2D eigenvalue weighted by atomic mass is 19.1. The average Bonchev–Trinajstić information content (AvgIpc) is 2.49. The molecule has 1 aliphatic rings. The average molecular weight is 288 g/mol. The van der Waals surface area contributed by atoms with Gasteiger partial charge in [0.15, 0.2) is 11.5 Å². The second-order valence-corrected chi connectivity index (χ2v) is 4.44. The Bertz CT molecular complexity index is 658. The number of hydrogen-bond donors (Lipinski definition) is 2. The summed E-state index contributed by atoms with van der Waals surface area (Å²) in [4.78, 5) is 11.8. The number of carbonyl (C=O) groups excluding carboxylic acids is 1. The van der Waals surface area contributed by atoms with Crippen LogP contribution in [0.25, 0.3) is 0 Å². The van der Waals surface area contributed by atoms with Crippen molar-refractivity contribution < 1.29 is 18.7 Å². The molecule has 0 unspecified atom stereocenters. The molecule has 0 atom stereocenters. The summed E-state index contributed by atoms with van der Waals surface area (Å²) in [6.07, 6.45) is 0. The van der Waals surface area contributed by atoms with E-state index >= 15 is 0 Å². The van der Waals surface area contributed by atoms with E-state index in [1.54, 1.807) is 18.2 Å². The Kier molecular flexibility index (Phi) is 3.59. The zero-order valence-electron chi connectivity index (χ0n) is 11.1. The standard InChI is InChI=1S/C15H13FN2O3/c16-10-1-3-11(4-2-10)17-15(19)18-12-5-6-13-14(9-12)21-8-7-20-13/h1-6,9H,7-8H2,(H2,17,18,19). The van der Waals surface area contributed by atoms with Gasteiger partial charge in [0.2, 0.25) is 0 Å². The molecule has 0 aromatic heterocycles. The lowest BCUT2D eigenvalue weighted by molar-refractivity contribution is 0.171. The molecular formula is C15H13FN2O3. The first-order chi connectivity index (χ1) is 10.2. The number of nitrogens with one attached hydrogen (secondary N) is 2. The van der Waals surface area contributed by atoms with E-state index in [-0.39, 0.29) is 5.82 Å². The summed E-state index contributed by atoms with van der Waals surface area (Å²) in [5.74, 6) is 0.902. The van der Waals surface area contributed by atoms with Crippen molar-refractivity contribution in [2.75, 3.05) is 23.8 Å². The van der Waals surface area contributed by atoms with Crippen LogP contribution in [0.4, 0.5) is 20.6 Å². The largest absolute Gasteiger partial charge is 0.486 e. The lowest BCUT2D eigenvalue weighted by Crippen LogP contribution is -2.20. The van der Waals surface area contributed by atoms with Crippen LogP contribution in [0.15, 0.2) is 42.5 Å². The molecule has 0 fully saturated rings. The molecule has 0 saturated heterocycles. The van der Waals surface area contributed by atoms with E-state index in [2.05, 4.69) is 10.6 Å². The Hall–Kier alpha value is -2.76. The fourth-order valence-corrected chi connectivity index (χ4v) is 1.95. The molecule has 1 heterocycles. The van der Waals surface area contributed by atoms with Gasteiger partial charge in [0.1, 0.15) is 19.0 Å². The summed E-state index contributed by atoms with van der Waals surface area (Å²) in [5, 5.41) is 5.28. The first-order valence-electron chi connectivity index (χ1n) is 6.44. The predicted octanol–water partition coefficient (Wildman–Crippen LogP) is 3.24. The van der Waals surface area contributed by atoms with Crippen LogP contribution in [0.3, 0.4) is 0 Å². The molecule has 0 radical (unpaired) electrons. The van der Waals surface area contributed by atoms with Crippen LogP contribution in [0, 0.1) is 5.82 Å². The van der Waals surface area contributed by atoms with E-state index < -0.39 is 6.03 Å². The van der Waals surface area contributed by atoms with Crippen LogP contribution in [0.5, 0.6) is 11.5 Å². The zero-order valence-corrected chi connectivity index (χ0v) is 11.1. The molecule has 108 valence electrons. The minimum absolute atomic E-state index is 0.354. The zero-order chi connectivity index (χ0) is 14.7. The van der Waals surface area contributed by atoms with Gasteiger partial charge in [-0.15, -0.1) is 0 Å². The maximum Gasteiger partial charge on any atom is 0.323 e. The third kappa shape index (κ3) is 3.22. The number of anilines is 2. The van der Waals surface area contributed by atoms with Crippen LogP contribution < -0.4 is 20.1 Å². The Balaban J connectivity index is 1.65. The summed E-state index contributed by atoms with van der Waals surface area (Å²) in [5.41, 5.74) is 1.09. The summed E-state index contributed by atoms with van der Waals surface area (Å²) >= 11 is 0. The van der Waals surface area contributed by atoms with Crippen molar-refractivity contribution in [3.05, 3.63) is 48.3 Å². The number of ether oxygens (including phenoxy) is 2. The smallest absolute Gasteiger partial charge is 0.323 e. The van der Waals surface area contributed by atoms with Gasteiger partial charge >= 0.3 is 6.03 Å². The fourth-order valence-electron chi connectivity index (χ4n) is 1.95. The lowest BCUT2D eigenvalue weighted by atomic mass is 10.2. The van der Waals surface area contributed by atoms with Crippen molar-refractivity contribution in [3.8, 4) is 11.5 Å². The number of amides is 2. The maximum absolute atomic E-state index is 12.8. The first-order valence-corrected chi connectivity index (χ1v) is 6.44. The molecule has 0 spiro atoms. The Morgan fingerprint density at radius 1 is 0.905 bits per heavy atom. The van der Waals surface area contributed by atoms with Gasteiger partial charge in [-0.05, 0) is 36.4 Å². The van der Waals surface area contributed by atoms with Crippen molar-refractivity contribution in [3.63, 3.8) is 0 Å². The number of hydrogen-bond acceptors (Lipinski definition) is 3. The molecule has 2 aromatic rings. The van der Waals surface area contributed by atoms with Crippen LogP contribution >= 0.6 is 0 Å². The topological polar surface area (TPSA) is 59.6 Å². The highest BCUT2D eigenvalue weighted by Crippen LogP contribution is 2.32. The number of urea groups is 1. The lowest BCUT2D eigenvalue weighted by Gasteiger charge is -2.19. The Morgan fingerprint density at radius 3 is 2.29 bits per heavy atom. The first kappa shape index (κ1) is 13.2. The molecule has 1 aliphatic heterocycles. The van der Waals surface area contributed by atoms with Crippen LogP contribution in [0.2, 0.25) is 0 Å². The molecule has 6 heteroatoms. The molecule has 2 aromatic carbocycles. The second-order valence-electron chi connectivity index (χ2n) is 4.44. The molecule has 0 aliphatic carbocycles. The molecule has 5 nitrogen and oxygen atoms in total. The van der Waals surface area contributed by atoms with E-state index in [4.69, 9.17) is 9.47 Å². The molecule has 2 N–H and O–H groups in total. The van der Waals surface area contributed by atoms with Gasteiger partial charge < -0.3 is 20.1 Å². The minimum atomic E-state index is -0.418. The molecule has 0 saturated carbocycles. The van der Waals surface area contributed by atoms with Crippen LogP contribution in [-0.2, 0) is 0 Å². The summed E-state index contributed by atoms with van der Waals surface area (Å²) in [6, 6.07) is 10.3. The number of carbonyl (C=O) groups is 1. The van der Waals surface area contributed by atoms with Gasteiger partial charge in [-0.1, -0.05) is 0 Å². The van der Waals surface area contributed by atoms with E-state index in [9.17, 15) is 9.18 Å². The van der Waals surface area contributed by atoms with Crippen molar-refractivity contribution >= 4 is 17.4 Å². The minimum Gasteiger partial charge on any atom is -0.486 e. The summed E-state index contributed by atoms with van der Waals surface area (Å²) in [7, 11) is 0. The van der Waals surface area contributed by atoms with Crippen LogP contribution in [0.1, 0.15) is 0 Å². The number of rotatable bonds is 2. The van der Waals surface area contributed by atoms with E-state index in [0.29, 0.717) is 36.1 Å². The third-order valence-electron chi connectivity index (χ3n) is 2.90. The molecule has 3 rings (SSSR count). The van der Waals surface area contributed by atoms with E-state index in [1.807, 2.05) is 0 Å². The van der Waals surface area contributed by atoms with Crippen molar-refractivity contribution in [1.82, 2.24) is 0 Å². The monoisotopic (exact) mass is 288 g/mol. The number of benzene rings is 2. The van der Waals surface area contributed by atoms with Gasteiger partial charge in [0, 0.05) is 17.4 Å². The number of fused-ring (bicyclic) bond motifs is 1. The normalized spacial score (nSPS) is 12.6. The van der Waals surface area contributed by atoms with E-state index in [1.165, 1.54) is 24.3 Å². The Morgan fingerprint density at radius 2 is 1.52 bits per heavy atom. The van der Waals surface area contributed by atoms with Gasteiger partial charge in [0.05, 0.1) is 0 Å². The quantitative estimate of drug-likeness (QED) is 0.892. The third-order valence-corrected chi connectivity index (χ3v) is 2.90. The second kappa shape index (κ2) is 5.70. The molecule has 0 bridgehead atoms. The van der Waals surface area contributed by atoms with Crippen molar-refractivity contribution in [2.45, 2.75) is 0 Å². The summed E-state index contributed by atoms with van der Waals surface area (Å²) in [6.45, 7) is 1.00. The molecule has 21 heavy (non-hydrogen) atoms. The Labute approximate surface area is 120 Å². The maximum atomic E-state index is 12.8. The predicted molar refractivity (Wildman–Crippen MR) is 76.5 cm³/mol. The summed E-state index contributed by atoms with van der Waals surface area (Å²) < 4.78 is 23.6. The highest BCUT2D eigenvalue weighted by molar-refractivity contribution is 5.99. The van der Waals surface area contributed by atoms with Gasteiger partial charge in [-0.2, -0.15) is 0 Å². The molecule has 2 amide bonds. The van der Waals surface area contributed by atoms with Gasteiger partial charge in [-0.25, -0.2) is 9.18 Å². The number of halogens is 1. The van der Waals surface area contributed by atoms with Crippen molar-refractivity contribution in [2.24, 2.45) is 0 Å². The SMILES string of the molecule is O=C(Nc1ccc(F)cc1)Nc1ccc2c(c1)OCCO2.